The summed E-state index contributed by atoms with van der Waals surface area (Å²) >= 11 is 0. The number of esters is 1. The molecule has 3 aliphatic rings. The number of nitrogens with zero attached hydrogens (tertiary/aromatic N) is 1. The highest BCUT2D eigenvalue weighted by Gasteiger charge is 2.81. The Bertz CT molecular complexity index is 965. The molecule has 2 aliphatic heterocycles. The van der Waals surface area contributed by atoms with Gasteiger partial charge in [0.05, 0.1) is 25.5 Å². The van der Waals surface area contributed by atoms with Crippen molar-refractivity contribution in [2.45, 2.75) is 57.5 Å². The van der Waals surface area contributed by atoms with E-state index < -0.39 is 11.6 Å². The first kappa shape index (κ1) is 19.5. The fraction of sp³-hybridized carbons (Fsp3) is 0.462. The van der Waals surface area contributed by atoms with Gasteiger partial charge in [-0.15, -0.1) is 0 Å². The number of benzene rings is 2. The van der Waals surface area contributed by atoms with E-state index in [-0.39, 0.29) is 22.3 Å². The Hall–Kier alpha value is -2.46. The molecule has 3 atom stereocenters. The van der Waals surface area contributed by atoms with E-state index in [1.54, 1.807) is 0 Å². The van der Waals surface area contributed by atoms with Crippen LogP contribution in [0, 0.1) is 5.92 Å². The zero-order valence-electron chi connectivity index (χ0n) is 17.9. The molecule has 4 heteroatoms. The summed E-state index contributed by atoms with van der Waals surface area (Å²) < 4.78 is 5.75. The highest BCUT2D eigenvalue weighted by molar-refractivity contribution is 5.83. The van der Waals surface area contributed by atoms with E-state index in [1.165, 1.54) is 22.3 Å². The number of ether oxygens (including phenoxy) is 1. The van der Waals surface area contributed by atoms with Crippen molar-refractivity contribution in [3.63, 3.8) is 0 Å². The molecule has 30 heavy (non-hydrogen) atoms. The van der Waals surface area contributed by atoms with Crippen LogP contribution in [-0.4, -0.2) is 35.6 Å². The maximum absolute atomic E-state index is 13.8. The van der Waals surface area contributed by atoms with Gasteiger partial charge in [-0.1, -0.05) is 55.5 Å². The van der Waals surface area contributed by atoms with Crippen LogP contribution in [0.4, 0.5) is 0 Å². The van der Waals surface area contributed by atoms with Crippen molar-refractivity contribution in [3.05, 3.63) is 70.8 Å². The molecule has 2 heterocycles. The highest BCUT2D eigenvalue weighted by Crippen LogP contribution is 2.66. The summed E-state index contributed by atoms with van der Waals surface area (Å²) in [5.41, 5.74) is 4.65. The summed E-state index contributed by atoms with van der Waals surface area (Å²) in [5.74, 6) is 0.0468. The molecule has 0 aromatic heterocycles. The number of piperidine rings is 2. The van der Waals surface area contributed by atoms with E-state index in [9.17, 15) is 9.59 Å². The van der Waals surface area contributed by atoms with Crippen molar-refractivity contribution in [1.29, 1.82) is 0 Å². The zero-order valence-corrected chi connectivity index (χ0v) is 17.9. The molecule has 2 bridgehead atoms. The number of quaternary nitrogens is 1. The lowest BCUT2D eigenvalue weighted by Gasteiger charge is -2.70. The van der Waals surface area contributed by atoms with E-state index in [0.717, 1.165) is 25.7 Å². The molecule has 2 saturated heterocycles. The van der Waals surface area contributed by atoms with Crippen LogP contribution in [0.25, 0.3) is 0 Å². The van der Waals surface area contributed by atoms with Gasteiger partial charge in [0.2, 0.25) is 6.04 Å². The predicted molar refractivity (Wildman–Crippen MR) is 115 cm³/mol. The Morgan fingerprint density at radius 3 is 2.17 bits per heavy atom. The summed E-state index contributed by atoms with van der Waals surface area (Å²) in [7, 11) is 0. The van der Waals surface area contributed by atoms with Gasteiger partial charge in [0.25, 0.3) is 0 Å². The number of fused-ring (bicyclic) bond motifs is 8. The molecule has 0 radical (unpaired) electrons. The van der Waals surface area contributed by atoms with Gasteiger partial charge in [0, 0.05) is 11.1 Å². The zero-order chi connectivity index (χ0) is 20.9. The van der Waals surface area contributed by atoms with Crippen LogP contribution in [0.3, 0.4) is 0 Å². The third-order valence-corrected chi connectivity index (χ3v) is 7.84. The lowest BCUT2D eigenvalue weighted by atomic mass is 9.53. The SMILES string of the molecule is CCOC(=O)C1[C@H]2CCC[N+]1(C(=O)CC)C21c2ccccc2CCc2ccccc21. The molecular weight excluding hydrogens is 374 g/mol. The van der Waals surface area contributed by atoms with Gasteiger partial charge in [-0.3, -0.25) is 0 Å². The van der Waals surface area contributed by atoms with Crippen LogP contribution < -0.4 is 0 Å². The Morgan fingerprint density at radius 2 is 1.60 bits per heavy atom. The van der Waals surface area contributed by atoms with Gasteiger partial charge < -0.3 is 4.74 Å². The molecule has 2 aromatic carbocycles. The average molecular weight is 405 g/mol. The molecule has 2 aromatic rings. The Morgan fingerprint density at radius 1 is 1.00 bits per heavy atom. The second kappa shape index (κ2) is 7.05. The van der Waals surface area contributed by atoms with Crippen LogP contribution in [-0.2, 0) is 32.7 Å². The van der Waals surface area contributed by atoms with Gasteiger partial charge in [-0.2, -0.15) is 0 Å². The highest BCUT2D eigenvalue weighted by atomic mass is 16.5. The van der Waals surface area contributed by atoms with E-state index in [2.05, 4.69) is 48.5 Å². The summed E-state index contributed by atoms with van der Waals surface area (Å²) in [6, 6.07) is 16.8. The maximum atomic E-state index is 13.8. The minimum atomic E-state index is -0.480. The third-order valence-electron chi connectivity index (χ3n) is 7.84. The smallest absolute Gasteiger partial charge is 0.366 e. The van der Waals surface area contributed by atoms with Crippen molar-refractivity contribution >= 4 is 11.9 Å². The maximum Gasteiger partial charge on any atom is 0.366 e. The fourth-order valence-electron chi connectivity index (χ4n) is 7.01. The predicted octanol–water partition coefficient (Wildman–Crippen LogP) is 4.14. The summed E-state index contributed by atoms with van der Waals surface area (Å²) in [5, 5.41) is 0. The molecular formula is C26H30NO3+. The number of carbonyl (C=O) groups excluding carboxylic acids is 2. The molecule has 1 spiro atoms. The number of carbonyl (C=O) groups is 2. The summed E-state index contributed by atoms with van der Waals surface area (Å²) in [6.45, 7) is 4.83. The Labute approximate surface area is 178 Å². The van der Waals surface area contributed by atoms with Crippen LogP contribution in [0.15, 0.2) is 48.5 Å². The van der Waals surface area contributed by atoms with Crippen molar-refractivity contribution in [2.24, 2.45) is 5.92 Å². The Kier molecular flexibility index (Phi) is 4.59. The lowest BCUT2D eigenvalue weighted by molar-refractivity contribution is -0.991. The minimum absolute atomic E-state index is 0.0844. The van der Waals surface area contributed by atoms with Crippen molar-refractivity contribution in [3.8, 4) is 0 Å². The topological polar surface area (TPSA) is 43.4 Å². The average Bonchev–Trinajstić information content (AvgIpc) is 2.94. The van der Waals surface area contributed by atoms with Crippen LogP contribution in [0.2, 0.25) is 0 Å². The number of hydrogen-bond acceptors (Lipinski definition) is 3. The molecule has 0 N–H and O–H groups in total. The molecule has 0 saturated carbocycles. The van der Waals surface area contributed by atoms with Gasteiger partial charge in [-0.25, -0.2) is 14.1 Å². The minimum Gasteiger partial charge on any atom is -0.462 e. The van der Waals surface area contributed by atoms with E-state index in [0.29, 0.717) is 19.6 Å². The Balaban J connectivity index is 1.85. The first-order chi connectivity index (χ1) is 14.6. The first-order valence-corrected chi connectivity index (χ1v) is 11.4. The number of amides is 1. The van der Waals surface area contributed by atoms with Gasteiger partial charge >= 0.3 is 11.9 Å². The van der Waals surface area contributed by atoms with Crippen LogP contribution >= 0.6 is 0 Å². The van der Waals surface area contributed by atoms with Gasteiger partial charge in [-0.05, 0) is 43.7 Å². The molecule has 1 amide bonds. The van der Waals surface area contributed by atoms with Crippen molar-refractivity contribution in [1.82, 2.24) is 0 Å². The van der Waals surface area contributed by atoms with Crippen molar-refractivity contribution in [2.75, 3.05) is 13.2 Å². The molecule has 1 aliphatic carbocycles. The monoisotopic (exact) mass is 404 g/mol. The normalized spacial score (nSPS) is 27.9. The molecule has 2 unspecified atom stereocenters. The molecule has 156 valence electrons. The summed E-state index contributed by atoms with van der Waals surface area (Å²) in [4.78, 5) is 27.0. The molecule has 4 nitrogen and oxygen atoms in total. The van der Waals surface area contributed by atoms with E-state index in [1.807, 2.05) is 13.8 Å². The fourth-order valence-corrected chi connectivity index (χ4v) is 7.01. The van der Waals surface area contributed by atoms with Crippen LogP contribution in [0.1, 0.15) is 55.4 Å². The number of hydrogen-bond donors (Lipinski definition) is 0. The third kappa shape index (κ3) is 2.20. The largest absolute Gasteiger partial charge is 0.462 e. The number of rotatable bonds is 3. The lowest BCUT2D eigenvalue weighted by Crippen LogP contribution is -2.88. The summed E-state index contributed by atoms with van der Waals surface area (Å²) in [6.07, 6.45) is 4.27. The quantitative estimate of drug-likeness (QED) is 0.571. The number of aryl methyl sites for hydroxylation is 2. The standard InChI is InChI=1S/C26H30NO3/c1-3-23(28)27-17-9-14-22(24(27)25(29)30-4-2)26(27)20-12-7-5-10-18(20)15-16-19-11-6-8-13-21(19)26/h5-8,10-13,22,24H,3-4,9,14-17H2,1-2H3/q+1/t22-,24?,27?/m1/s1. The van der Waals surface area contributed by atoms with Gasteiger partial charge in [0.1, 0.15) is 0 Å². The van der Waals surface area contributed by atoms with E-state index >= 15 is 0 Å². The van der Waals surface area contributed by atoms with E-state index in [4.69, 9.17) is 4.74 Å². The van der Waals surface area contributed by atoms with Gasteiger partial charge in [0.15, 0.2) is 5.54 Å². The first-order valence-electron chi connectivity index (χ1n) is 11.4. The molecule has 2 fully saturated rings. The second-order valence-corrected chi connectivity index (χ2v) is 8.87. The molecule has 5 rings (SSSR count). The van der Waals surface area contributed by atoms with Crippen molar-refractivity contribution < 1.29 is 18.8 Å². The van der Waals surface area contributed by atoms with Crippen LogP contribution in [0.5, 0.6) is 0 Å². The second-order valence-electron chi connectivity index (χ2n) is 8.87.